The van der Waals surface area contributed by atoms with Gasteiger partial charge in [0.1, 0.15) is 5.75 Å². The van der Waals surface area contributed by atoms with Crippen LogP contribution in [0, 0.1) is 6.92 Å². The maximum absolute atomic E-state index is 10.8. The van der Waals surface area contributed by atoms with Crippen LogP contribution in [0.1, 0.15) is 22.8 Å². The Bertz CT molecular complexity index is 426. The number of phenolic OH excluding ortho intramolecular Hbond substituents is 1. The fourth-order valence-corrected chi connectivity index (χ4v) is 1.22. The third-order valence-corrected chi connectivity index (χ3v) is 1.97. The Morgan fingerprint density at radius 3 is 2.40 bits per heavy atom. The van der Waals surface area contributed by atoms with Gasteiger partial charge in [-0.05, 0) is 19.1 Å². The molecule has 0 aliphatic carbocycles. The zero-order chi connectivity index (χ0) is 11.6. The second kappa shape index (κ2) is 4.00. The molecule has 3 N–H and O–H groups in total. The molecule has 1 aromatic carbocycles. The van der Waals surface area contributed by atoms with Crippen LogP contribution in [0.5, 0.6) is 5.75 Å². The molecule has 5 nitrogen and oxygen atoms in total. The van der Waals surface area contributed by atoms with Gasteiger partial charge in [-0.1, -0.05) is 0 Å². The molecule has 0 fully saturated rings. The van der Waals surface area contributed by atoms with Gasteiger partial charge in [-0.2, -0.15) is 0 Å². The Morgan fingerprint density at radius 1 is 1.33 bits per heavy atom. The largest absolute Gasteiger partial charge is 0.505 e. The molecule has 0 bridgehead atoms. The first-order valence-corrected chi connectivity index (χ1v) is 4.27. The first-order valence-electron chi connectivity index (χ1n) is 4.27. The minimum Gasteiger partial charge on any atom is -0.505 e. The maximum Gasteiger partial charge on any atom is 0.336 e. The van der Waals surface area contributed by atoms with E-state index in [0.717, 1.165) is 0 Å². The summed E-state index contributed by atoms with van der Waals surface area (Å²) in [4.78, 5) is 21.5. The molecular weight excluding hydrogens is 198 g/mol. The number of rotatable bonds is 2. The van der Waals surface area contributed by atoms with Crippen molar-refractivity contribution >= 4 is 17.6 Å². The molecule has 0 saturated carbocycles. The summed E-state index contributed by atoms with van der Waals surface area (Å²) in [7, 11) is 0. The van der Waals surface area contributed by atoms with Crippen molar-refractivity contribution in [1.29, 1.82) is 0 Å². The number of aromatic hydroxyl groups is 1. The summed E-state index contributed by atoms with van der Waals surface area (Å²) in [6.45, 7) is 2.78. The molecule has 15 heavy (non-hydrogen) atoms. The fraction of sp³-hybridized carbons (Fsp3) is 0.200. The number of carboxylic acids is 1. The highest BCUT2D eigenvalue weighted by molar-refractivity contribution is 5.94. The number of nitrogens with one attached hydrogen (secondary N) is 1. The molecule has 80 valence electrons. The highest BCUT2D eigenvalue weighted by Crippen LogP contribution is 2.29. The number of amides is 1. The molecule has 0 spiro atoms. The van der Waals surface area contributed by atoms with E-state index in [-0.39, 0.29) is 28.5 Å². The first kappa shape index (κ1) is 11.0. The minimum atomic E-state index is -1.11. The van der Waals surface area contributed by atoms with Crippen molar-refractivity contribution in [2.75, 3.05) is 5.32 Å². The van der Waals surface area contributed by atoms with Crippen molar-refractivity contribution in [1.82, 2.24) is 0 Å². The number of carbonyl (C=O) groups is 2. The second-order valence-electron chi connectivity index (χ2n) is 3.12. The molecule has 0 aliphatic rings. The van der Waals surface area contributed by atoms with E-state index in [2.05, 4.69) is 5.32 Å². The van der Waals surface area contributed by atoms with Crippen molar-refractivity contribution < 1.29 is 19.8 Å². The van der Waals surface area contributed by atoms with Crippen LogP contribution in [0.15, 0.2) is 12.1 Å². The van der Waals surface area contributed by atoms with Crippen LogP contribution in [0.3, 0.4) is 0 Å². The smallest absolute Gasteiger partial charge is 0.336 e. The number of anilines is 1. The van der Waals surface area contributed by atoms with Gasteiger partial charge in [0.15, 0.2) is 0 Å². The number of aromatic carboxylic acids is 1. The lowest BCUT2D eigenvalue weighted by Crippen LogP contribution is -2.08. The van der Waals surface area contributed by atoms with Gasteiger partial charge in [0, 0.05) is 12.5 Å². The summed E-state index contributed by atoms with van der Waals surface area (Å²) >= 11 is 0. The van der Waals surface area contributed by atoms with E-state index in [1.54, 1.807) is 0 Å². The Morgan fingerprint density at radius 2 is 1.93 bits per heavy atom. The lowest BCUT2D eigenvalue weighted by atomic mass is 10.1. The normalized spacial score (nSPS) is 9.73. The van der Waals surface area contributed by atoms with Gasteiger partial charge in [-0.25, -0.2) is 4.79 Å². The molecule has 0 atom stereocenters. The molecule has 0 saturated heterocycles. The molecule has 0 aliphatic heterocycles. The Labute approximate surface area is 86.4 Å². The Balaban J connectivity index is 3.21. The second-order valence-corrected chi connectivity index (χ2v) is 3.12. The maximum atomic E-state index is 10.8. The number of carbonyl (C=O) groups excluding carboxylic acids is 1. The van der Waals surface area contributed by atoms with Gasteiger partial charge >= 0.3 is 5.97 Å². The van der Waals surface area contributed by atoms with E-state index in [1.807, 2.05) is 0 Å². The number of benzene rings is 1. The van der Waals surface area contributed by atoms with Crippen molar-refractivity contribution in [3.05, 3.63) is 23.3 Å². The Kier molecular flexibility index (Phi) is 2.94. The Hall–Kier alpha value is -2.04. The summed E-state index contributed by atoms with van der Waals surface area (Å²) in [5.74, 6) is -1.66. The molecule has 0 heterocycles. The van der Waals surface area contributed by atoms with Gasteiger partial charge < -0.3 is 15.5 Å². The highest BCUT2D eigenvalue weighted by Gasteiger charge is 2.13. The monoisotopic (exact) mass is 209 g/mol. The van der Waals surface area contributed by atoms with Crippen LogP contribution < -0.4 is 5.32 Å². The summed E-state index contributed by atoms with van der Waals surface area (Å²) < 4.78 is 0. The molecular formula is C10H11NO4. The van der Waals surface area contributed by atoms with Gasteiger partial charge in [0.2, 0.25) is 5.91 Å². The van der Waals surface area contributed by atoms with Crippen LogP contribution >= 0.6 is 0 Å². The average Bonchev–Trinajstić information content (AvgIpc) is 2.12. The van der Waals surface area contributed by atoms with E-state index in [0.29, 0.717) is 0 Å². The van der Waals surface area contributed by atoms with E-state index >= 15 is 0 Å². The minimum absolute atomic E-state index is 0.0154. The predicted molar refractivity (Wildman–Crippen MR) is 54.1 cm³/mol. The van der Waals surface area contributed by atoms with Gasteiger partial charge in [0.25, 0.3) is 0 Å². The van der Waals surface area contributed by atoms with E-state index in [9.17, 15) is 14.7 Å². The summed E-state index contributed by atoms with van der Waals surface area (Å²) in [6.07, 6.45) is 0. The van der Waals surface area contributed by atoms with Gasteiger partial charge in [0.05, 0.1) is 11.3 Å². The van der Waals surface area contributed by atoms with Crippen LogP contribution in [-0.2, 0) is 4.79 Å². The molecule has 1 aromatic rings. The summed E-state index contributed by atoms with van der Waals surface area (Å²) in [5, 5.41) is 20.8. The van der Waals surface area contributed by atoms with Gasteiger partial charge in [-0.3, -0.25) is 4.79 Å². The lowest BCUT2D eigenvalue weighted by Gasteiger charge is -2.09. The van der Waals surface area contributed by atoms with E-state index in [4.69, 9.17) is 5.11 Å². The SMILES string of the molecule is CC(=O)Nc1ccc(C(=O)O)c(C)c1O. The summed E-state index contributed by atoms with van der Waals surface area (Å²) in [5.41, 5.74) is 0.459. The quantitative estimate of drug-likeness (QED) is 0.642. The van der Waals surface area contributed by atoms with E-state index < -0.39 is 5.97 Å². The van der Waals surface area contributed by atoms with Crippen LogP contribution in [-0.4, -0.2) is 22.1 Å². The lowest BCUT2D eigenvalue weighted by molar-refractivity contribution is -0.114. The molecule has 0 unspecified atom stereocenters. The third kappa shape index (κ3) is 2.25. The van der Waals surface area contributed by atoms with Crippen LogP contribution in [0.2, 0.25) is 0 Å². The van der Waals surface area contributed by atoms with Crippen molar-refractivity contribution in [3.63, 3.8) is 0 Å². The molecule has 1 amide bonds. The fourth-order valence-electron chi connectivity index (χ4n) is 1.22. The number of hydrogen-bond donors (Lipinski definition) is 3. The highest BCUT2D eigenvalue weighted by atomic mass is 16.4. The number of carboxylic acid groups (broad SMARTS) is 1. The van der Waals surface area contributed by atoms with Crippen molar-refractivity contribution in [2.45, 2.75) is 13.8 Å². The summed E-state index contributed by atoms with van der Waals surface area (Å²) in [6, 6.07) is 2.69. The van der Waals surface area contributed by atoms with Crippen molar-refractivity contribution in [3.8, 4) is 5.75 Å². The standard InChI is InChI=1S/C10H11NO4/c1-5-7(10(14)15)3-4-8(9(5)13)11-6(2)12/h3-4,13H,1-2H3,(H,11,12)(H,14,15). The van der Waals surface area contributed by atoms with Crippen molar-refractivity contribution in [2.24, 2.45) is 0 Å². The molecule has 1 rings (SSSR count). The average molecular weight is 209 g/mol. The molecule has 0 aromatic heterocycles. The number of phenols is 1. The zero-order valence-electron chi connectivity index (χ0n) is 8.37. The van der Waals surface area contributed by atoms with Crippen LogP contribution in [0.25, 0.3) is 0 Å². The third-order valence-electron chi connectivity index (χ3n) is 1.97. The van der Waals surface area contributed by atoms with Gasteiger partial charge in [-0.15, -0.1) is 0 Å². The topological polar surface area (TPSA) is 86.6 Å². The number of hydrogen-bond acceptors (Lipinski definition) is 3. The predicted octanol–water partition coefficient (Wildman–Crippen LogP) is 1.36. The van der Waals surface area contributed by atoms with E-state index in [1.165, 1.54) is 26.0 Å². The molecule has 5 heteroatoms. The first-order chi connectivity index (χ1) is 6.93. The molecule has 0 radical (unpaired) electrons. The zero-order valence-corrected chi connectivity index (χ0v) is 8.37. The van der Waals surface area contributed by atoms with Crippen LogP contribution in [0.4, 0.5) is 5.69 Å².